The highest BCUT2D eigenvalue weighted by molar-refractivity contribution is 7.92. The SMILES string of the molecule is COc1ccc([C@H](CC(C)C)NC(=O)CN(c2ccc(OC)cc2OC)S(C)(=O)=O)cc1. The van der Waals surface area contributed by atoms with Gasteiger partial charge in [0.15, 0.2) is 0 Å². The van der Waals surface area contributed by atoms with Crippen molar-refractivity contribution in [2.45, 2.75) is 26.3 Å². The van der Waals surface area contributed by atoms with Crippen LogP contribution in [0.25, 0.3) is 0 Å². The molecule has 176 valence electrons. The molecular weight excluding hydrogens is 432 g/mol. The number of amides is 1. The lowest BCUT2D eigenvalue weighted by atomic mass is 9.97. The minimum absolute atomic E-state index is 0.260. The van der Waals surface area contributed by atoms with Crippen molar-refractivity contribution in [3.8, 4) is 17.2 Å². The Balaban J connectivity index is 2.30. The third-order valence-corrected chi connectivity index (χ3v) is 6.03. The predicted molar refractivity (Wildman–Crippen MR) is 125 cm³/mol. The summed E-state index contributed by atoms with van der Waals surface area (Å²) in [5.41, 5.74) is 1.18. The summed E-state index contributed by atoms with van der Waals surface area (Å²) in [6.45, 7) is 3.74. The van der Waals surface area contributed by atoms with Crippen molar-refractivity contribution >= 4 is 21.6 Å². The molecule has 0 fully saturated rings. The molecule has 1 atom stereocenters. The number of nitrogens with one attached hydrogen (secondary N) is 1. The van der Waals surface area contributed by atoms with Gasteiger partial charge in [0.05, 0.1) is 39.3 Å². The van der Waals surface area contributed by atoms with Crippen molar-refractivity contribution in [2.75, 3.05) is 38.4 Å². The zero-order valence-electron chi connectivity index (χ0n) is 19.4. The summed E-state index contributed by atoms with van der Waals surface area (Å²) in [5.74, 6) is 1.42. The van der Waals surface area contributed by atoms with Gasteiger partial charge in [-0.3, -0.25) is 9.10 Å². The van der Waals surface area contributed by atoms with Gasteiger partial charge in [0.2, 0.25) is 15.9 Å². The number of anilines is 1. The molecule has 1 N–H and O–H groups in total. The molecule has 2 aromatic rings. The molecule has 32 heavy (non-hydrogen) atoms. The van der Waals surface area contributed by atoms with Gasteiger partial charge in [0.1, 0.15) is 23.8 Å². The molecule has 8 nitrogen and oxygen atoms in total. The van der Waals surface area contributed by atoms with E-state index in [0.717, 1.165) is 21.9 Å². The van der Waals surface area contributed by atoms with Crippen molar-refractivity contribution < 1.29 is 27.4 Å². The van der Waals surface area contributed by atoms with Gasteiger partial charge in [-0.05, 0) is 42.2 Å². The quantitative estimate of drug-likeness (QED) is 0.548. The number of rotatable bonds is 11. The van der Waals surface area contributed by atoms with Crippen molar-refractivity contribution in [1.29, 1.82) is 0 Å². The summed E-state index contributed by atoms with van der Waals surface area (Å²) in [5, 5.41) is 2.98. The van der Waals surface area contributed by atoms with Crippen LogP contribution in [-0.4, -0.2) is 48.5 Å². The largest absolute Gasteiger partial charge is 0.497 e. The molecule has 2 rings (SSSR count). The van der Waals surface area contributed by atoms with E-state index in [4.69, 9.17) is 14.2 Å². The summed E-state index contributed by atoms with van der Waals surface area (Å²) >= 11 is 0. The normalized spacial score (nSPS) is 12.2. The molecule has 0 aliphatic carbocycles. The van der Waals surface area contributed by atoms with Gasteiger partial charge < -0.3 is 19.5 Å². The first-order chi connectivity index (χ1) is 15.1. The molecule has 0 spiro atoms. The molecule has 0 aromatic heterocycles. The lowest BCUT2D eigenvalue weighted by molar-refractivity contribution is -0.120. The van der Waals surface area contributed by atoms with Gasteiger partial charge in [-0.1, -0.05) is 26.0 Å². The minimum Gasteiger partial charge on any atom is -0.497 e. The number of sulfonamides is 1. The number of benzene rings is 2. The molecular formula is C23H32N2O6S. The van der Waals surface area contributed by atoms with Crippen molar-refractivity contribution in [1.82, 2.24) is 5.32 Å². The smallest absolute Gasteiger partial charge is 0.241 e. The topological polar surface area (TPSA) is 94.2 Å². The first-order valence-electron chi connectivity index (χ1n) is 10.2. The summed E-state index contributed by atoms with van der Waals surface area (Å²) in [6, 6.07) is 11.9. The fraction of sp³-hybridized carbons (Fsp3) is 0.435. The van der Waals surface area contributed by atoms with Gasteiger partial charge >= 0.3 is 0 Å². The van der Waals surface area contributed by atoms with Crippen LogP contribution in [0.5, 0.6) is 17.2 Å². The van der Waals surface area contributed by atoms with Gasteiger partial charge in [0, 0.05) is 6.07 Å². The first-order valence-corrected chi connectivity index (χ1v) is 12.1. The number of carbonyl (C=O) groups is 1. The Labute approximate surface area is 190 Å². The van der Waals surface area contributed by atoms with E-state index in [9.17, 15) is 13.2 Å². The van der Waals surface area contributed by atoms with Crippen molar-refractivity contribution in [3.63, 3.8) is 0 Å². The number of carbonyl (C=O) groups excluding carboxylic acids is 1. The van der Waals surface area contributed by atoms with Crippen LogP contribution >= 0.6 is 0 Å². The Morgan fingerprint density at radius 1 is 0.969 bits per heavy atom. The molecule has 9 heteroatoms. The van der Waals surface area contributed by atoms with Crippen LogP contribution in [0.1, 0.15) is 31.9 Å². The zero-order valence-corrected chi connectivity index (χ0v) is 20.2. The standard InChI is InChI=1S/C23H32N2O6S/c1-16(2)13-20(17-7-9-18(29-3)10-8-17)24-23(26)15-25(32(6,27)28)21-12-11-19(30-4)14-22(21)31-5/h7-12,14,16,20H,13,15H2,1-6H3,(H,24,26)/t20-/m0/s1. The van der Waals surface area contributed by atoms with Crippen LogP contribution in [-0.2, 0) is 14.8 Å². The summed E-state index contributed by atoms with van der Waals surface area (Å²) in [4.78, 5) is 13.0. The van der Waals surface area contributed by atoms with Crippen molar-refractivity contribution in [3.05, 3.63) is 48.0 Å². The molecule has 0 aliphatic heterocycles. The summed E-state index contributed by atoms with van der Waals surface area (Å²) in [6.07, 6.45) is 1.75. The molecule has 0 unspecified atom stereocenters. The van der Waals surface area contributed by atoms with Gasteiger partial charge in [-0.25, -0.2) is 8.42 Å². The van der Waals surface area contributed by atoms with E-state index in [1.54, 1.807) is 25.3 Å². The maximum absolute atomic E-state index is 13.0. The summed E-state index contributed by atoms with van der Waals surface area (Å²) < 4.78 is 41.8. The Kier molecular flexibility index (Phi) is 8.77. The van der Waals surface area contributed by atoms with E-state index in [1.807, 2.05) is 24.3 Å². The maximum Gasteiger partial charge on any atom is 0.241 e. The van der Waals surface area contributed by atoms with Crippen LogP contribution in [0.15, 0.2) is 42.5 Å². The highest BCUT2D eigenvalue weighted by Crippen LogP contribution is 2.33. The van der Waals surface area contributed by atoms with E-state index in [0.29, 0.717) is 18.1 Å². The molecule has 0 heterocycles. The van der Waals surface area contributed by atoms with E-state index < -0.39 is 15.9 Å². The lowest BCUT2D eigenvalue weighted by Crippen LogP contribution is -2.42. The lowest BCUT2D eigenvalue weighted by Gasteiger charge is -2.26. The van der Waals surface area contributed by atoms with E-state index in [2.05, 4.69) is 19.2 Å². The van der Waals surface area contributed by atoms with E-state index in [-0.39, 0.29) is 24.0 Å². The molecule has 1 amide bonds. The van der Waals surface area contributed by atoms with Crippen LogP contribution in [0.4, 0.5) is 5.69 Å². The van der Waals surface area contributed by atoms with Crippen LogP contribution in [0, 0.1) is 5.92 Å². The number of ether oxygens (including phenoxy) is 3. The Morgan fingerprint density at radius 2 is 1.56 bits per heavy atom. The zero-order chi connectivity index (χ0) is 23.9. The molecule has 2 aromatic carbocycles. The fourth-order valence-corrected chi connectivity index (χ4v) is 4.19. The van der Waals surface area contributed by atoms with Crippen LogP contribution in [0.2, 0.25) is 0 Å². The summed E-state index contributed by atoms with van der Waals surface area (Å²) in [7, 11) is 0.766. The molecule has 0 aliphatic rings. The van der Waals surface area contributed by atoms with Gasteiger partial charge in [-0.2, -0.15) is 0 Å². The third-order valence-electron chi connectivity index (χ3n) is 4.90. The van der Waals surface area contributed by atoms with Crippen LogP contribution in [0.3, 0.4) is 0 Å². The Hall–Kier alpha value is -2.94. The second-order valence-corrected chi connectivity index (χ2v) is 9.74. The fourth-order valence-electron chi connectivity index (χ4n) is 3.33. The molecule has 0 saturated heterocycles. The molecule has 0 saturated carbocycles. The number of methoxy groups -OCH3 is 3. The average molecular weight is 465 g/mol. The monoisotopic (exact) mass is 464 g/mol. The highest BCUT2D eigenvalue weighted by atomic mass is 32.2. The molecule has 0 bridgehead atoms. The second kappa shape index (κ2) is 11.1. The number of nitrogens with zero attached hydrogens (tertiary/aromatic N) is 1. The van der Waals surface area contributed by atoms with Gasteiger partial charge in [-0.15, -0.1) is 0 Å². The molecule has 0 radical (unpaired) electrons. The van der Waals surface area contributed by atoms with E-state index >= 15 is 0 Å². The maximum atomic E-state index is 13.0. The van der Waals surface area contributed by atoms with E-state index in [1.165, 1.54) is 14.2 Å². The number of hydrogen-bond acceptors (Lipinski definition) is 6. The van der Waals surface area contributed by atoms with Crippen LogP contribution < -0.4 is 23.8 Å². The highest BCUT2D eigenvalue weighted by Gasteiger charge is 2.26. The average Bonchev–Trinajstić information content (AvgIpc) is 2.75. The Morgan fingerprint density at radius 3 is 2.06 bits per heavy atom. The second-order valence-electron chi connectivity index (χ2n) is 7.83. The third kappa shape index (κ3) is 6.78. The first kappa shape index (κ1) is 25.3. The van der Waals surface area contributed by atoms with Crippen molar-refractivity contribution in [2.24, 2.45) is 5.92 Å². The minimum atomic E-state index is -3.76. The van der Waals surface area contributed by atoms with Gasteiger partial charge in [0.25, 0.3) is 0 Å². The predicted octanol–water partition coefficient (Wildman–Crippen LogP) is 3.38. The number of hydrogen-bond donors (Lipinski definition) is 1. The Bertz CT molecular complexity index is 1010.